The van der Waals surface area contributed by atoms with E-state index in [-0.39, 0.29) is 36.8 Å². The quantitative estimate of drug-likeness (QED) is 0.759. The lowest BCUT2D eigenvalue weighted by Gasteiger charge is -2.34. The van der Waals surface area contributed by atoms with Gasteiger partial charge < -0.3 is 9.26 Å². The Morgan fingerprint density at radius 2 is 1.89 bits per heavy atom. The predicted octanol–water partition coefficient (Wildman–Crippen LogP) is 2.22. The van der Waals surface area contributed by atoms with Gasteiger partial charge in [-0.3, -0.25) is 4.90 Å². The molecule has 1 fully saturated rings. The molecule has 0 amide bonds. The van der Waals surface area contributed by atoms with Crippen LogP contribution in [0.2, 0.25) is 0 Å². The number of benzene rings is 1. The number of hydrogen-bond donors (Lipinski definition) is 0. The average Bonchev–Trinajstić information content (AvgIpc) is 3.15. The van der Waals surface area contributed by atoms with Gasteiger partial charge in [0.1, 0.15) is 10.6 Å². The SMILES string of the molecule is COc1ccc(-c2ccno2)cc1S(=O)(=O)N1CCN(CC(F)(F)F)CC1. The molecule has 1 aliphatic heterocycles. The van der Waals surface area contributed by atoms with Gasteiger partial charge in [-0.15, -0.1) is 0 Å². The second-order valence-corrected chi connectivity index (χ2v) is 7.94. The van der Waals surface area contributed by atoms with Crippen molar-refractivity contribution in [3.8, 4) is 17.1 Å². The standard InChI is InChI=1S/C16H18F3N3O4S/c1-25-14-3-2-12(13-4-5-20-26-13)10-15(14)27(23,24)22-8-6-21(7-9-22)11-16(17,18)19/h2-5,10H,6-9,11H2,1H3. The number of ether oxygens (including phenoxy) is 1. The molecule has 1 saturated heterocycles. The summed E-state index contributed by atoms with van der Waals surface area (Å²) in [5, 5.41) is 3.60. The Hall–Kier alpha value is -2.11. The van der Waals surface area contributed by atoms with E-state index in [9.17, 15) is 21.6 Å². The molecule has 27 heavy (non-hydrogen) atoms. The minimum atomic E-state index is -4.31. The monoisotopic (exact) mass is 405 g/mol. The van der Waals surface area contributed by atoms with Crippen molar-refractivity contribution in [2.24, 2.45) is 0 Å². The molecule has 0 spiro atoms. The maximum Gasteiger partial charge on any atom is 0.401 e. The van der Waals surface area contributed by atoms with Gasteiger partial charge in [0, 0.05) is 37.8 Å². The predicted molar refractivity (Wildman–Crippen MR) is 89.7 cm³/mol. The van der Waals surface area contributed by atoms with E-state index in [4.69, 9.17) is 9.26 Å². The lowest BCUT2D eigenvalue weighted by molar-refractivity contribution is -0.148. The molecule has 0 bridgehead atoms. The Labute approximate surface area is 154 Å². The summed E-state index contributed by atoms with van der Waals surface area (Å²) in [6, 6.07) is 6.15. The van der Waals surface area contributed by atoms with Crippen LogP contribution in [0.25, 0.3) is 11.3 Å². The summed E-state index contributed by atoms with van der Waals surface area (Å²) >= 11 is 0. The van der Waals surface area contributed by atoms with Gasteiger partial charge in [0.15, 0.2) is 5.76 Å². The van der Waals surface area contributed by atoms with Crippen LogP contribution in [0.5, 0.6) is 5.75 Å². The number of halogens is 3. The Morgan fingerprint density at radius 1 is 1.19 bits per heavy atom. The Morgan fingerprint density at radius 3 is 2.44 bits per heavy atom. The third-order valence-corrected chi connectivity index (χ3v) is 6.16. The van der Waals surface area contributed by atoms with Crippen molar-refractivity contribution in [2.75, 3.05) is 39.8 Å². The first-order valence-electron chi connectivity index (χ1n) is 8.09. The van der Waals surface area contributed by atoms with Gasteiger partial charge >= 0.3 is 6.18 Å². The maximum absolute atomic E-state index is 13.0. The molecule has 3 rings (SSSR count). The first-order valence-corrected chi connectivity index (χ1v) is 9.53. The van der Waals surface area contributed by atoms with Gasteiger partial charge in [-0.2, -0.15) is 17.5 Å². The lowest BCUT2D eigenvalue weighted by Crippen LogP contribution is -2.50. The van der Waals surface area contributed by atoms with Gasteiger partial charge in [-0.1, -0.05) is 5.16 Å². The summed E-state index contributed by atoms with van der Waals surface area (Å²) in [6.45, 7) is -1.11. The fourth-order valence-electron chi connectivity index (χ4n) is 2.92. The molecule has 1 aromatic carbocycles. The minimum Gasteiger partial charge on any atom is -0.495 e. The number of rotatable bonds is 5. The van der Waals surface area contributed by atoms with Crippen LogP contribution < -0.4 is 4.74 Å². The molecule has 1 aromatic heterocycles. The summed E-state index contributed by atoms with van der Waals surface area (Å²) in [7, 11) is -2.60. The highest BCUT2D eigenvalue weighted by atomic mass is 32.2. The molecule has 2 aromatic rings. The van der Waals surface area contributed by atoms with Crippen LogP contribution in [0.1, 0.15) is 0 Å². The topological polar surface area (TPSA) is 75.9 Å². The van der Waals surface area contributed by atoms with E-state index in [2.05, 4.69) is 5.16 Å². The van der Waals surface area contributed by atoms with E-state index in [1.165, 1.54) is 34.6 Å². The number of aromatic nitrogens is 1. The van der Waals surface area contributed by atoms with Crippen molar-refractivity contribution in [3.05, 3.63) is 30.5 Å². The molecular weight excluding hydrogens is 387 g/mol. The third kappa shape index (κ3) is 4.42. The summed E-state index contributed by atoms with van der Waals surface area (Å²) < 4.78 is 75.0. The van der Waals surface area contributed by atoms with Gasteiger partial charge in [-0.05, 0) is 18.2 Å². The number of nitrogens with zero attached hydrogens (tertiary/aromatic N) is 3. The van der Waals surface area contributed by atoms with Crippen LogP contribution in [0.4, 0.5) is 13.2 Å². The molecule has 148 valence electrons. The molecular formula is C16H18F3N3O4S. The summed E-state index contributed by atoms with van der Waals surface area (Å²) in [5.74, 6) is 0.542. The van der Waals surface area contributed by atoms with Crippen molar-refractivity contribution < 1.29 is 30.8 Å². The number of piperazine rings is 1. The summed E-state index contributed by atoms with van der Waals surface area (Å²) in [5.41, 5.74) is 0.502. The molecule has 0 atom stereocenters. The molecule has 11 heteroatoms. The number of hydrogen-bond acceptors (Lipinski definition) is 6. The fraction of sp³-hybridized carbons (Fsp3) is 0.438. The lowest BCUT2D eigenvalue weighted by atomic mass is 10.2. The van der Waals surface area contributed by atoms with Crippen LogP contribution in [-0.2, 0) is 10.0 Å². The molecule has 7 nitrogen and oxygen atoms in total. The molecule has 1 aliphatic rings. The van der Waals surface area contributed by atoms with Crippen molar-refractivity contribution in [2.45, 2.75) is 11.1 Å². The van der Waals surface area contributed by atoms with E-state index < -0.39 is 22.7 Å². The summed E-state index contributed by atoms with van der Waals surface area (Å²) in [4.78, 5) is 1.12. The maximum atomic E-state index is 13.0. The molecule has 0 aliphatic carbocycles. The van der Waals surface area contributed by atoms with Crippen molar-refractivity contribution in [1.29, 1.82) is 0 Å². The van der Waals surface area contributed by atoms with E-state index >= 15 is 0 Å². The molecule has 0 radical (unpaired) electrons. The van der Waals surface area contributed by atoms with E-state index in [1.54, 1.807) is 12.1 Å². The first-order chi connectivity index (χ1) is 12.7. The fourth-order valence-corrected chi connectivity index (χ4v) is 4.52. The zero-order chi connectivity index (χ0) is 19.7. The highest BCUT2D eigenvalue weighted by Gasteiger charge is 2.35. The smallest absolute Gasteiger partial charge is 0.401 e. The van der Waals surface area contributed by atoms with Crippen LogP contribution in [-0.4, -0.2) is 68.8 Å². The van der Waals surface area contributed by atoms with E-state index in [0.717, 1.165) is 0 Å². The minimum absolute atomic E-state index is 0.00283. The Balaban J connectivity index is 1.84. The normalized spacial score (nSPS) is 17.2. The Kier molecular flexibility index (Phi) is 5.45. The molecule has 0 unspecified atom stereocenters. The van der Waals surface area contributed by atoms with Crippen LogP contribution in [0.3, 0.4) is 0 Å². The summed E-state index contributed by atoms with van der Waals surface area (Å²) in [6.07, 6.45) is -2.87. The highest BCUT2D eigenvalue weighted by Crippen LogP contribution is 2.32. The van der Waals surface area contributed by atoms with Crippen molar-refractivity contribution in [1.82, 2.24) is 14.4 Å². The van der Waals surface area contributed by atoms with Gasteiger partial charge in [0.25, 0.3) is 0 Å². The Bertz CT molecular complexity index is 877. The van der Waals surface area contributed by atoms with Gasteiger partial charge in [-0.25, -0.2) is 8.42 Å². The third-order valence-electron chi connectivity index (χ3n) is 4.24. The molecule has 2 heterocycles. The number of sulfonamides is 1. The second-order valence-electron chi connectivity index (χ2n) is 6.04. The van der Waals surface area contributed by atoms with Crippen LogP contribution >= 0.6 is 0 Å². The van der Waals surface area contributed by atoms with Crippen LogP contribution in [0.15, 0.2) is 39.9 Å². The van der Waals surface area contributed by atoms with Crippen LogP contribution in [0, 0.1) is 0 Å². The van der Waals surface area contributed by atoms with E-state index in [0.29, 0.717) is 11.3 Å². The highest BCUT2D eigenvalue weighted by molar-refractivity contribution is 7.89. The first kappa shape index (κ1) is 19.6. The zero-order valence-corrected chi connectivity index (χ0v) is 15.3. The van der Waals surface area contributed by atoms with Crippen molar-refractivity contribution in [3.63, 3.8) is 0 Å². The van der Waals surface area contributed by atoms with Gasteiger partial charge in [0.2, 0.25) is 10.0 Å². The molecule has 0 N–H and O–H groups in total. The zero-order valence-electron chi connectivity index (χ0n) is 14.4. The molecule has 0 saturated carbocycles. The average molecular weight is 405 g/mol. The second kappa shape index (κ2) is 7.49. The van der Waals surface area contributed by atoms with Crippen molar-refractivity contribution >= 4 is 10.0 Å². The number of alkyl halides is 3. The largest absolute Gasteiger partial charge is 0.495 e. The van der Waals surface area contributed by atoms with E-state index in [1.807, 2.05) is 0 Å². The number of methoxy groups -OCH3 is 1. The van der Waals surface area contributed by atoms with Gasteiger partial charge in [0.05, 0.1) is 19.9 Å².